The van der Waals surface area contributed by atoms with E-state index in [1.807, 2.05) is 18.2 Å². The molecule has 9 heteroatoms. The number of rotatable bonds is 7. The molecule has 1 saturated heterocycles. The summed E-state index contributed by atoms with van der Waals surface area (Å²) in [5.41, 5.74) is 0.200. The van der Waals surface area contributed by atoms with Crippen LogP contribution in [0.4, 0.5) is 18.9 Å². The van der Waals surface area contributed by atoms with E-state index in [1.165, 1.54) is 12.1 Å². The molecule has 2 amide bonds. The number of halogens is 3. The van der Waals surface area contributed by atoms with Gasteiger partial charge in [-0.1, -0.05) is 24.3 Å². The Morgan fingerprint density at radius 3 is 2.55 bits per heavy atom. The minimum Gasteiger partial charge on any atom is -0.493 e. The van der Waals surface area contributed by atoms with Gasteiger partial charge in [-0.25, -0.2) is 0 Å². The Labute approximate surface area is 177 Å². The molecule has 1 N–H and O–H groups in total. The molecule has 166 valence electrons. The van der Waals surface area contributed by atoms with Crippen molar-refractivity contribution in [2.24, 2.45) is 5.92 Å². The number of carbonyl (C=O) groups excluding carboxylic acids is 2. The van der Waals surface area contributed by atoms with Gasteiger partial charge in [0.05, 0.1) is 18.9 Å². The molecule has 3 rings (SSSR count). The highest BCUT2D eigenvalue weighted by Crippen LogP contribution is 2.26. The monoisotopic (exact) mass is 436 g/mol. The van der Waals surface area contributed by atoms with E-state index >= 15 is 0 Å². The van der Waals surface area contributed by atoms with Crippen LogP contribution in [0.1, 0.15) is 19.3 Å². The largest absolute Gasteiger partial charge is 0.573 e. The number of anilines is 1. The van der Waals surface area contributed by atoms with Crippen LogP contribution < -0.4 is 14.8 Å². The summed E-state index contributed by atoms with van der Waals surface area (Å²) in [5.74, 6) is -0.622. The average molecular weight is 436 g/mol. The molecule has 0 spiro atoms. The van der Waals surface area contributed by atoms with Crippen LogP contribution in [-0.2, 0) is 9.59 Å². The molecular formula is C22H23F3N2O4. The molecule has 31 heavy (non-hydrogen) atoms. The van der Waals surface area contributed by atoms with Crippen LogP contribution in [0.15, 0.2) is 54.6 Å². The summed E-state index contributed by atoms with van der Waals surface area (Å²) in [6.07, 6.45) is -3.35. The Morgan fingerprint density at radius 1 is 1.06 bits per heavy atom. The van der Waals surface area contributed by atoms with Crippen LogP contribution >= 0.6 is 0 Å². The smallest absolute Gasteiger partial charge is 0.493 e. The van der Waals surface area contributed by atoms with E-state index in [0.717, 1.165) is 12.1 Å². The van der Waals surface area contributed by atoms with Crippen molar-refractivity contribution in [1.29, 1.82) is 0 Å². The second-order valence-corrected chi connectivity index (χ2v) is 7.16. The first-order valence-corrected chi connectivity index (χ1v) is 9.92. The molecule has 0 aromatic heterocycles. The molecule has 0 aliphatic carbocycles. The number of benzene rings is 2. The van der Waals surface area contributed by atoms with Crippen molar-refractivity contribution < 1.29 is 32.2 Å². The van der Waals surface area contributed by atoms with Gasteiger partial charge in [-0.05, 0) is 37.1 Å². The normalized spacial score (nSPS) is 16.5. The molecular weight excluding hydrogens is 413 g/mol. The summed E-state index contributed by atoms with van der Waals surface area (Å²) in [5, 5.41) is 2.61. The second kappa shape index (κ2) is 10.2. The van der Waals surface area contributed by atoms with Gasteiger partial charge in [-0.2, -0.15) is 0 Å². The Morgan fingerprint density at radius 2 is 1.81 bits per heavy atom. The summed E-state index contributed by atoms with van der Waals surface area (Å²) in [6, 6.07) is 14.3. The predicted molar refractivity (Wildman–Crippen MR) is 108 cm³/mol. The number of hydrogen-bond donors (Lipinski definition) is 1. The lowest BCUT2D eigenvalue weighted by Crippen LogP contribution is -2.44. The maximum atomic E-state index is 12.6. The van der Waals surface area contributed by atoms with Crippen LogP contribution in [0.2, 0.25) is 0 Å². The van der Waals surface area contributed by atoms with Crippen molar-refractivity contribution in [3.63, 3.8) is 0 Å². The molecule has 1 unspecified atom stereocenters. The van der Waals surface area contributed by atoms with E-state index in [2.05, 4.69) is 10.1 Å². The summed E-state index contributed by atoms with van der Waals surface area (Å²) >= 11 is 0. The zero-order chi connectivity index (χ0) is 22.3. The topological polar surface area (TPSA) is 67.9 Å². The number of para-hydroxylation sites is 1. The molecule has 1 fully saturated rings. The molecule has 1 aliphatic heterocycles. The maximum Gasteiger partial charge on any atom is 0.573 e. The Hall–Kier alpha value is -3.23. The third-order valence-corrected chi connectivity index (χ3v) is 4.81. The number of nitrogens with zero attached hydrogens (tertiary/aromatic N) is 1. The van der Waals surface area contributed by atoms with Crippen molar-refractivity contribution in [1.82, 2.24) is 4.90 Å². The lowest BCUT2D eigenvalue weighted by atomic mass is 9.96. The van der Waals surface area contributed by atoms with E-state index in [-0.39, 0.29) is 37.1 Å². The van der Waals surface area contributed by atoms with Crippen molar-refractivity contribution in [2.45, 2.75) is 25.6 Å². The van der Waals surface area contributed by atoms with E-state index in [0.29, 0.717) is 25.1 Å². The number of ether oxygens (including phenoxy) is 2. The molecule has 0 saturated carbocycles. The first kappa shape index (κ1) is 22.5. The Kier molecular flexibility index (Phi) is 7.38. The van der Waals surface area contributed by atoms with Crippen molar-refractivity contribution >= 4 is 17.5 Å². The first-order valence-electron chi connectivity index (χ1n) is 9.92. The van der Waals surface area contributed by atoms with E-state index in [4.69, 9.17) is 4.74 Å². The van der Waals surface area contributed by atoms with Gasteiger partial charge in [0.2, 0.25) is 11.8 Å². The lowest BCUT2D eigenvalue weighted by molar-refractivity contribution is -0.274. The summed E-state index contributed by atoms with van der Waals surface area (Å²) in [7, 11) is 0. The fraction of sp³-hybridized carbons (Fsp3) is 0.364. The highest BCUT2D eigenvalue weighted by Gasteiger charge is 2.31. The van der Waals surface area contributed by atoms with Crippen LogP contribution in [0.25, 0.3) is 0 Å². The summed E-state index contributed by atoms with van der Waals surface area (Å²) < 4.78 is 46.5. The number of piperidine rings is 1. The molecule has 0 bridgehead atoms. The Bertz CT molecular complexity index is 890. The quantitative estimate of drug-likeness (QED) is 0.705. The molecule has 2 aromatic rings. The van der Waals surface area contributed by atoms with E-state index in [1.54, 1.807) is 17.0 Å². The number of alkyl halides is 3. The van der Waals surface area contributed by atoms with Gasteiger partial charge < -0.3 is 19.7 Å². The fourth-order valence-electron chi connectivity index (χ4n) is 3.36. The molecule has 2 aromatic carbocycles. The van der Waals surface area contributed by atoms with Crippen molar-refractivity contribution in [2.75, 3.05) is 25.0 Å². The van der Waals surface area contributed by atoms with Gasteiger partial charge in [0, 0.05) is 24.8 Å². The molecule has 0 radical (unpaired) electrons. The minimum absolute atomic E-state index is 0.103. The van der Waals surface area contributed by atoms with Crippen molar-refractivity contribution in [3.8, 4) is 11.5 Å². The summed E-state index contributed by atoms with van der Waals surface area (Å²) in [4.78, 5) is 26.7. The van der Waals surface area contributed by atoms with Crippen molar-refractivity contribution in [3.05, 3.63) is 54.6 Å². The molecule has 1 heterocycles. The second-order valence-electron chi connectivity index (χ2n) is 7.16. The zero-order valence-corrected chi connectivity index (χ0v) is 16.7. The van der Waals surface area contributed by atoms with Gasteiger partial charge >= 0.3 is 6.36 Å². The van der Waals surface area contributed by atoms with Gasteiger partial charge in [0.25, 0.3) is 0 Å². The van der Waals surface area contributed by atoms with Crippen LogP contribution in [0.3, 0.4) is 0 Å². The zero-order valence-electron chi connectivity index (χ0n) is 16.7. The van der Waals surface area contributed by atoms with Gasteiger partial charge in [0.1, 0.15) is 11.5 Å². The molecule has 1 atom stereocenters. The third kappa shape index (κ3) is 7.20. The highest BCUT2D eigenvalue weighted by molar-refractivity contribution is 5.93. The number of carbonyl (C=O) groups is 2. The lowest BCUT2D eigenvalue weighted by Gasteiger charge is -2.32. The van der Waals surface area contributed by atoms with Crippen LogP contribution in [0.5, 0.6) is 11.5 Å². The number of nitrogens with one attached hydrogen (secondary N) is 1. The van der Waals surface area contributed by atoms with Gasteiger partial charge in [-0.3, -0.25) is 9.59 Å². The van der Waals surface area contributed by atoms with E-state index < -0.39 is 18.0 Å². The molecule has 1 aliphatic rings. The standard InChI is InChI=1S/C22H23F3N2O4/c23-22(24,25)31-19-10-4-7-17(14-19)26-21(29)16-6-5-12-27(15-16)20(28)11-13-30-18-8-2-1-3-9-18/h1-4,7-10,14,16H,5-6,11-13,15H2,(H,26,29). The third-order valence-electron chi connectivity index (χ3n) is 4.81. The number of amides is 2. The highest BCUT2D eigenvalue weighted by atomic mass is 19.4. The molecule has 6 nitrogen and oxygen atoms in total. The predicted octanol–water partition coefficient (Wildman–Crippen LogP) is 4.23. The Balaban J connectivity index is 1.49. The summed E-state index contributed by atoms with van der Waals surface area (Å²) in [6.45, 7) is 1.06. The number of hydrogen-bond acceptors (Lipinski definition) is 4. The van der Waals surface area contributed by atoms with E-state index in [9.17, 15) is 22.8 Å². The van der Waals surface area contributed by atoms with Crippen LogP contribution in [-0.4, -0.2) is 42.8 Å². The maximum absolute atomic E-state index is 12.6. The fourth-order valence-corrected chi connectivity index (χ4v) is 3.36. The van der Waals surface area contributed by atoms with Gasteiger partial charge in [-0.15, -0.1) is 13.2 Å². The minimum atomic E-state index is -4.81. The van der Waals surface area contributed by atoms with Crippen LogP contribution in [0, 0.1) is 5.92 Å². The number of likely N-dealkylation sites (tertiary alicyclic amines) is 1. The van der Waals surface area contributed by atoms with Gasteiger partial charge in [0.15, 0.2) is 0 Å². The SMILES string of the molecule is O=C(Nc1cccc(OC(F)(F)F)c1)C1CCCN(C(=O)CCOc2ccccc2)C1. The first-order chi connectivity index (χ1) is 14.8. The average Bonchev–Trinajstić information content (AvgIpc) is 2.73.